The van der Waals surface area contributed by atoms with E-state index in [1.165, 1.54) is 22.9 Å². The van der Waals surface area contributed by atoms with E-state index in [1.54, 1.807) is 36.5 Å². The van der Waals surface area contributed by atoms with E-state index in [1.807, 2.05) is 0 Å². The Labute approximate surface area is 145 Å². The SMILES string of the molecule is NC(=O)c1ccc(-n2cc(-c3cc4cc(F)ccc4[nH]c3=O)nn2)cc1. The Bertz CT molecular complexity index is 1190. The molecule has 0 aliphatic heterocycles. The lowest BCUT2D eigenvalue weighted by Gasteiger charge is -2.01. The second-order valence-corrected chi connectivity index (χ2v) is 5.70. The average Bonchev–Trinajstić information content (AvgIpc) is 3.11. The summed E-state index contributed by atoms with van der Waals surface area (Å²) in [4.78, 5) is 26.1. The number of nitrogens with zero attached hydrogens (tertiary/aromatic N) is 3. The number of fused-ring (bicyclic) bond motifs is 1. The molecule has 0 fully saturated rings. The number of aromatic amines is 1. The maximum Gasteiger partial charge on any atom is 0.258 e. The molecule has 3 N–H and O–H groups in total. The van der Waals surface area contributed by atoms with Gasteiger partial charge in [-0.3, -0.25) is 9.59 Å². The van der Waals surface area contributed by atoms with E-state index in [0.29, 0.717) is 27.8 Å². The minimum atomic E-state index is -0.522. The van der Waals surface area contributed by atoms with E-state index in [2.05, 4.69) is 15.3 Å². The summed E-state index contributed by atoms with van der Waals surface area (Å²) in [5.41, 5.74) is 7.06. The Morgan fingerprint density at radius 2 is 1.88 bits per heavy atom. The molecular formula is C18H12FN5O2. The molecule has 0 aliphatic rings. The van der Waals surface area contributed by atoms with Gasteiger partial charge in [0.15, 0.2) is 0 Å². The van der Waals surface area contributed by atoms with Gasteiger partial charge in [-0.1, -0.05) is 5.21 Å². The molecule has 0 saturated carbocycles. The number of primary amides is 1. The van der Waals surface area contributed by atoms with Gasteiger partial charge < -0.3 is 10.7 Å². The van der Waals surface area contributed by atoms with Crippen molar-refractivity contribution in [2.24, 2.45) is 5.73 Å². The van der Waals surface area contributed by atoms with E-state index >= 15 is 0 Å². The summed E-state index contributed by atoms with van der Waals surface area (Å²) in [6, 6.07) is 12.2. The first-order valence-corrected chi connectivity index (χ1v) is 7.67. The van der Waals surface area contributed by atoms with E-state index < -0.39 is 11.7 Å². The Morgan fingerprint density at radius 1 is 1.12 bits per heavy atom. The highest BCUT2D eigenvalue weighted by molar-refractivity contribution is 5.92. The highest BCUT2D eigenvalue weighted by Gasteiger charge is 2.11. The Balaban J connectivity index is 1.76. The van der Waals surface area contributed by atoms with Crippen molar-refractivity contribution in [2.75, 3.05) is 0 Å². The highest BCUT2D eigenvalue weighted by atomic mass is 19.1. The normalized spacial score (nSPS) is 11.0. The van der Waals surface area contributed by atoms with Gasteiger partial charge in [0.05, 0.1) is 17.4 Å². The summed E-state index contributed by atoms with van der Waals surface area (Å²) in [5.74, 6) is -0.917. The van der Waals surface area contributed by atoms with E-state index in [9.17, 15) is 14.0 Å². The molecule has 2 aromatic carbocycles. The Kier molecular flexibility index (Phi) is 3.58. The molecule has 0 radical (unpaired) electrons. The predicted molar refractivity (Wildman–Crippen MR) is 93.4 cm³/mol. The number of H-pyrrole nitrogens is 1. The van der Waals surface area contributed by atoms with Gasteiger partial charge in [-0.25, -0.2) is 9.07 Å². The fourth-order valence-electron chi connectivity index (χ4n) is 2.66. The standard InChI is InChI=1S/C18H12FN5O2/c19-12-3-6-15-11(7-12)8-14(18(26)21-15)16-9-24(23-22-16)13-4-1-10(2-5-13)17(20)25/h1-9H,(H2,20,25)(H,21,26). The second-order valence-electron chi connectivity index (χ2n) is 5.70. The predicted octanol–water partition coefficient (Wildman–Crippen LogP) is 2.01. The molecule has 0 spiro atoms. The number of nitrogens with one attached hydrogen (secondary N) is 1. The van der Waals surface area contributed by atoms with Crippen LogP contribution in [0.2, 0.25) is 0 Å². The van der Waals surface area contributed by atoms with Crippen LogP contribution in [0.5, 0.6) is 0 Å². The topological polar surface area (TPSA) is 107 Å². The van der Waals surface area contributed by atoms with Gasteiger partial charge in [-0.15, -0.1) is 5.10 Å². The highest BCUT2D eigenvalue weighted by Crippen LogP contribution is 2.19. The van der Waals surface area contributed by atoms with Crippen LogP contribution in [0.15, 0.2) is 59.5 Å². The van der Waals surface area contributed by atoms with Crippen LogP contribution in [0.25, 0.3) is 27.8 Å². The largest absolute Gasteiger partial charge is 0.366 e. The van der Waals surface area contributed by atoms with Gasteiger partial charge >= 0.3 is 0 Å². The molecule has 4 rings (SSSR count). The third-order valence-electron chi connectivity index (χ3n) is 3.99. The minimum absolute atomic E-state index is 0.281. The fraction of sp³-hybridized carbons (Fsp3) is 0. The quantitative estimate of drug-likeness (QED) is 0.590. The smallest absolute Gasteiger partial charge is 0.258 e. The molecule has 2 aromatic heterocycles. The van der Waals surface area contributed by atoms with Crippen molar-refractivity contribution < 1.29 is 9.18 Å². The zero-order chi connectivity index (χ0) is 18.3. The lowest BCUT2D eigenvalue weighted by molar-refractivity contribution is 0.100. The lowest BCUT2D eigenvalue weighted by Crippen LogP contribution is -2.10. The van der Waals surface area contributed by atoms with Crippen molar-refractivity contribution in [1.29, 1.82) is 0 Å². The van der Waals surface area contributed by atoms with Crippen LogP contribution in [0.3, 0.4) is 0 Å². The van der Waals surface area contributed by atoms with E-state index in [4.69, 9.17) is 5.73 Å². The number of hydrogen-bond acceptors (Lipinski definition) is 4. The molecule has 128 valence electrons. The molecule has 0 aliphatic carbocycles. The van der Waals surface area contributed by atoms with Gasteiger partial charge in [-0.2, -0.15) is 0 Å². The van der Waals surface area contributed by atoms with Gasteiger partial charge in [0.2, 0.25) is 5.91 Å². The van der Waals surface area contributed by atoms with Gasteiger partial charge in [0.25, 0.3) is 5.56 Å². The van der Waals surface area contributed by atoms with Crippen LogP contribution < -0.4 is 11.3 Å². The molecule has 0 bridgehead atoms. The molecule has 26 heavy (non-hydrogen) atoms. The zero-order valence-corrected chi connectivity index (χ0v) is 13.3. The summed E-state index contributed by atoms with van der Waals surface area (Å²) in [5, 5.41) is 8.57. The van der Waals surface area contributed by atoms with E-state index in [-0.39, 0.29) is 11.1 Å². The van der Waals surface area contributed by atoms with Crippen LogP contribution in [-0.2, 0) is 0 Å². The number of benzene rings is 2. The maximum absolute atomic E-state index is 13.4. The molecule has 1 amide bonds. The fourth-order valence-corrected chi connectivity index (χ4v) is 2.66. The van der Waals surface area contributed by atoms with Gasteiger partial charge in [-0.05, 0) is 48.5 Å². The Hall–Kier alpha value is -3.81. The molecule has 8 heteroatoms. The van der Waals surface area contributed by atoms with Gasteiger partial charge in [0, 0.05) is 16.5 Å². The maximum atomic E-state index is 13.4. The van der Waals surface area contributed by atoms with Crippen LogP contribution in [-0.4, -0.2) is 25.9 Å². The average molecular weight is 349 g/mol. The molecule has 7 nitrogen and oxygen atoms in total. The molecular weight excluding hydrogens is 337 g/mol. The number of hydrogen-bond donors (Lipinski definition) is 2. The van der Waals surface area contributed by atoms with Crippen molar-refractivity contribution in [2.45, 2.75) is 0 Å². The van der Waals surface area contributed by atoms with E-state index in [0.717, 1.165) is 0 Å². The molecule has 2 heterocycles. The monoisotopic (exact) mass is 349 g/mol. The lowest BCUT2D eigenvalue weighted by atomic mass is 10.1. The number of amides is 1. The Morgan fingerprint density at radius 3 is 2.62 bits per heavy atom. The first kappa shape index (κ1) is 15.7. The van der Waals surface area contributed by atoms with Crippen molar-refractivity contribution in [3.8, 4) is 16.9 Å². The molecule has 0 saturated heterocycles. The molecule has 4 aromatic rings. The number of pyridine rings is 1. The second kappa shape index (κ2) is 5.92. The number of rotatable bonds is 3. The summed E-state index contributed by atoms with van der Waals surface area (Å²) < 4.78 is 14.9. The van der Waals surface area contributed by atoms with Crippen molar-refractivity contribution in [3.63, 3.8) is 0 Å². The minimum Gasteiger partial charge on any atom is -0.366 e. The number of carbonyl (C=O) groups excluding carboxylic acids is 1. The number of nitrogens with two attached hydrogens (primary N) is 1. The third kappa shape index (κ3) is 2.73. The summed E-state index contributed by atoms with van der Waals surface area (Å²) in [6.45, 7) is 0. The summed E-state index contributed by atoms with van der Waals surface area (Å²) in [6.07, 6.45) is 1.58. The third-order valence-corrected chi connectivity index (χ3v) is 3.99. The molecule has 0 atom stereocenters. The van der Waals surface area contributed by atoms with Crippen LogP contribution >= 0.6 is 0 Å². The summed E-state index contributed by atoms with van der Waals surface area (Å²) >= 11 is 0. The van der Waals surface area contributed by atoms with Gasteiger partial charge in [0.1, 0.15) is 11.5 Å². The first-order chi connectivity index (χ1) is 12.5. The van der Waals surface area contributed by atoms with Crippen LogP contribution in [0.4, 0.5) is 4.39 Å². The van der Waals surface area contributed by atoms with Crippen molar-refractivity contribution in [3.05, 3.63) is 76.5 Å². The summed E-state index contributed by atoms with van der Waals surface area (Å²) in [7, 11) is 0. The number of aromatic nitrogens is 4. The molecule has 0 unspecified atom stereocenters. The number of carbonyl (C=O) groups is 1. The number of halogens is 1. The van der Waals surface area contributed by atoms with Crippen molar-refractivity contribution >= 4 is 16.8 Å². The van der Waals surface area contributed by atoms with Crippen LogP contribution in [0.1, 0.15) is 10.4 Å². The van der Waals surface area contributed by atoms with Crippen LogP contribution in [0, 0.1) is 5.82 Å². The zero-order valence-electron chi connectivity index (χ0n) is 13.3. The first-order valence-electron chi connectivity index (χ1n) is 7.67. The van der Waals surface area contributed by atoms with Crippen molar-refractivity contribution in [1.82, 2.24) is 20.0 Å².